The van der Waals surface area contributed by atoms with Gasteiger partial charge < -0.3 is 14.6 Å². The molecule has 1 aliphatic rings. The summed E-state index contributed by atoms with van der Waals surface area (Å²) < 4.78 is 10.7. The summed E-state index contributed by atoms with van der Waals surface area (Å²) in [5, 5.41) is 12.9. The van der Waals surface area contributed by atoms with Crippen LogP contribution in [-0.4, -0.2) is 42.1 Å². The van der Waals surface area contributed by atoms with Crippen LogP contribution in [-0.2, 0) is 15.9 Å². The Hall–Kier alpha value is -0.490. The van der Waals surface area contributed by atoms with E-state index in [1.807, 2.05) is 12.3 Å². The van der Waals surface area contributed by atoms with E-state index in [9.17, 15) is 5.11 Å². The average Bonchev–Trinajstić information content (AvgIpc) is 2.65. The number of nitrogens with zero attached hydrogens (tertiary/aromatic N) is 1. The fourth-order valence-corrected chi connectivity index (χ4v) is 2.20. The molecule has 1 aromatic rings. The number of ether oxygens (including phenoxy) is 2. The summed E-state index contributed by atoms with van der Waals surface area (Å²) in [6.45, 7) is 3.63. The quantitative estimate of drug-likeness (QED) is 0.832. The van der Waals surface area contributed by atoms with Crippen molar-refractivity contribution in [2.75, 3.05) is 19.8 Å². The zero-order valence-corrected chi connectivity index (χ0v) is 9.50. The van der Waals surface area contributed by atoms with Crippen molar-refractivity contribution in [3.8, 4) is 0 Å². The van der Waals surface area contributed by atoms with Gasteiger partial charge in [0.25, 0.3) is 0 Å². The third-order valence-corrected chi connectivity index (χ3v) is 3.18. The number of thiazole rings is 1. The molecule has 0 aromatic carbocycles. The van der Waals surface area contributed by atoms with Gasteiger partial charge in [0.2, 0.25) is 0 Å². The van der Waals surface area contributed by atoms with Gasteiger partial charge in [0.05, 0.1) is 36.6 Å². The average molecular weight is 229 g/mol. The van der Waals surface area contributed by atoms with Crippen molar-refractivity contribution in [2.24, 2.45) is 0 Å². The molecule has 2 unspecified atom stereocenters. The minimum Gasteiger partial charge on any atom is -0.390 e. The van der Waals surface area contributed by atoms with Crippen molar-refractivity contribution in [1.82, 2.24) is 4.98 Å². The summed E-state index contributed by atoms with van der Waals surface area (Å²) in [6, 6.07) is 0. The van der Waals surface area contributed by atoms with Gasteiger partial charge in [-0.3, -0.25) is 0 Å². The van der Waals surface area contributed by atoms with E-state index < -0.39 is 6.10 Å². The molecule has 15 heavy (non-hydrogen) atoms. The molecule has 0 amide bonds. The van der Waals surface area contributed by atoms with Gasteiger partial charge in [0.15, 0.2) is 0 Å². The highest BCUT2D eigenvalue weighted by atomic mass is 32.1. The van der Waals surface area contributed by atoms with Crippen molar-refractivity contribution in [1.29, 1.82) is 0 Å². The number of hydrogen-bond acceptors (Lipinski definition) is 5. The predicted molar refractivity (Wildman–Crippen MR) is 57.1 cm³/mol. The second kappa shape index (κ2) is 5.03. The SMILES string of the molecule is Cc1nc(CC(O)C2COCCO2)cs1. The van der Waals surface area contributed by atoms with Crippen LogP contribution in [0.4, 0.5) is 0 Å². The Morgan fingerprint density at radius 2 is 2.53 bits per heavy atom. The summed E-state index contributed by atoms with van der Waals surface area (Å²) in [5.41, 5.74) is 0.930. The maximum atomic E-state index is 9.90. The van der Waals surface area contributed by atoms with Crippen LogP contribution in [0.5, 0.6) is 0 Å². The van der Waals surface area contributed by atoms with Crippen molar-refractivity contribution in [3.63, 3.8) is 0 Å². The fourth-order valence-electron chi connectivity index (χ4n) is 1.58. The Balaban J connectivity index is 1.88. The molecule has 1 saturated heterocycles. The predicted octanol–water partition coefficient (Wildman–Crippen LogP) is 0.770. The van der Waals surface area contributed by atoms with E-state index in [0.29, 0.717) is 26.2 Å². The number of aryl methyl sites for hydroxylation is 1. The van der Waals surface area contributed by atoms with Crippen LogP contribution in [0.15, 0.2) is 5.38 Å². The van der Waals surface area contributed by atoms with Gasteiger partial charge in [0.1, 0.15) is 6.10 Å². The minimum atomic E-state index is -0.521. The lowest BCUT2D eigenvalue weighted by Crippen LogP contribution is -2.39. The molecule has 2 rings (SSSR count). The van der Waals surface area contributed by atoms with Gasteiger partial charge in [-0.05, 0) is 6.92 Å². The Morgan fingerprint density at radius 3 is 3.13 bits per heavy atom. The van der Waals surface area contributed by atoms with E-state index in [0.717, 1.165) is 10.7 Å². The lowest BCUT2D eigenvalue weighted by atomic mass is 10.1. The molecule has 1 N–H and O–H groups in total. The van der Waals surface area contributed by atoms with Crippen LogP contribution >= 0.6 is 11.3 Å². The molecular formula is C10H15NO3S. The highest BCUT2D eigenvalue weighted by Gasteiger charge is 2.23. The second-order valence-corrected chi connectivity index (χ2v) is 4.68. The standard InChI is InChI=1S/C10H15NO3S/c1-7-11-8(6-15-7)4-9(12)10-5-13-2-3-14-10/h6,9-10,12H,2-5H2,1H3. The summed E-state index contributed by atoms with van der Waals surface area (Å²) in [6.07, 6.45) is -0.189. The Morgan fingerprint density at radius 1 is 1.67 bits per heavy atom. The number of aromatic nitrogens is 1. The van der Waals surface area contributed by atoms with Crippen LogP contribution in [0, 0.1) is 6.92 Å². The fraction of sp³-hybridized carbons (Fsp3) is 0.700. The van der Waals surface area contributed by atoms with E-state index in [2.05, 4.69) is 4.98 Å². The summed E-state index contributed by atoms with van der Waals surface area (Å²) in [7, 11) is 0. The van der Waals surface area contributed by atoms with Gasteiger partial charge in [-0.25, -0.2) is 4.98 Å². The number of hydrogen-bond donors (Lipinski definition) is 1. The zero-order valence-electron chi connectivity index (χ0n) is 8.68. The molecule has 5 heteroatoms. The Bertz CT molecular complexity index is 309. The first-order chi connectivity index (χ1) is 7.25. The smallest absolute Gasteiger partial charge is 0.107 e. The molecule has 84 valence electrons. The van der Waals surface area contributed by atoms with Crippen molar-refractivity contribution in [2.45, 2.75) is 25.6 Å². The van der Waals surface area contributed by atoms with Gasteiger partial charge in [-0.2, -0.15) is 0 Å². The van der Waals surface area contributed by atoms with Crippen molar-refractivity contribution in [3.05, 3.63) is 16.1 Å². The third kappa shape index (κ3) is 2.98. The maximum Gasteiger partial charge on any atom is 0.107 e. The molecule has 4 nitrogen and oxygen atoms in total. The lowest BCUT2D eigenvalue weighted by molar-refractivity contribution is -0.131. The molecule has 1 aliphatic heterocycles. The van der Waals surface area contributed by atoms with Crippen LogP contribution in [0.2, 0.25) is 0 Å². The first kappa shape index (κ1) is 11.0. The Labute approximate surface area is 92.9 Å². The molecule has 1 aromatic heterocycles. The van der Waals surface area contributed by atoms with Gasteiger partial charge in [-0.1, -0.05) is 0 Å². The molecular weight excluding hydrogens is 214 g/mol. The number of aliphatic hydroxyl groups is 1. The van der Waals surface area contributed by atoms with E-state index in [1.165, 1.54) is 0 Å². The van der Waals surface area contributed by atoms with Crippen LogP contribution in [0.3, 0.4) is 0 Å². The normalized spacial score (nSPS) is 24.0. The van der Waals surface area contributed by atoms with Crippen molar-refractivity contribution >= 4 is 11.3 Å². The van der Waals surface area contributed by atoms with Gasteiger partial charge in [0, 0.05) is 11.8 Å². The van der Waals surface area contributed by atoms with Crippen molar-refractivity contribution < 1.29 is 14.6 Å². The topological polar surface area (TPSA) is 51.6 Å². The van der Waals surface area contributed by atoms with E-state index in [-0.39, 0.29) is 6.10 Å². The maximum absolute atomic E-state index is 9.90. The largest absolute Gasteiger partial charge is 0.390 e. The Kier molecular flexibility index (Phi) is 3.69. The molecule has 2 atom stereocenters. The van der Waals surface area contributed by atoms with E-state index >= 15 is 0 Å². The molecule has 2 heterocycles. The summed E-state index contributed by atoms with van der Waals surface area (Å²) in [4.78, 5) is 4.31. The summed E-state index contributed by atoms with van der Waals surface area (Å²) in [5.74, 6) is 0. The highest BCUT2D eigenvalue weighted by molar-refractivity contribution is 7.09. The molecule has 1 fully saturated rings. The monoisotopic (exact) mass is 229 g/mol. The minimum absolute atomic E-state index is 0.208. The molecule has 0 bridgehead atoms. The first-order valence-corrected chi connectivity index (χ1v) is 5.92. The van der Waals surface area contributed by atoms with E-state index in [4.69, 9.17) is 9.47 Å². The molecule has 0 radical (unpaired) electrons. The zero-order chi connectivity index (χ0) is 10.7. The van der Waals surface area contributed by atoms with Gasteiger partial charge >= 0.3 is 0 Å². The molecule has 0 aliphatic carbocycles. The third-order valence-electron chi connectivity index (χ3n) is 2.36. The first-order valence-electron chi connectivity index (χ1n) is 5.04. The molecule has 0 saturated carbocycles. The number of rotatable bonds is 3. The van der Waals surface area contributed by atoms with Crippen LogP contribution < -0.4 is 0 Å². The lowest BCUT2D eigenvalue weighted by Gasteiger charge is -2.26. The molecule has 0 spiro atoms. The summed E-state index contributed by atoms with van der Waals surface area (Å²) >= 11 is 1.60. The van der Waals surface area contributed by atoms with Gasteiger partial charge in [-0.15, -0.1) is 11.3 Å². The van der Waals surface area contributed by atoms with Crippen LogP contribution in [0.1, 0.15) is 10.7 Å². The highest BCUT2D eigenvalue weighted by Crippen LogP contribution is 2.14. The second-order valence-electron chi connectivity index (χ2n) is 3.61. The van der Waals surface area contributed by atoms with E-state index in [1.54, 1.807) is 11.3 Å². The van der Waals surface area contributed by atoms with Crippen LogP contribution in [0.25, 0.3) is 0 Å². The number of aliphatic hydroxyl groups excluding tert-OH is 1.